The molecule has 1 fully saturated rings. The quantitative estimate of drug-likeness (QED) is 0.231. The highest BCUT2D eigenvalue weighted by molar-refractivity contribution is 5.92. The van der Waals surface area contributed by atoms with E-state index in [1.807, 2.05) is 60.7 Å². The number of esters is 1. The maximum absolute atomic E-state index is 12.9. The molecule has 0 amide bonds. The number of piperidine rings is 1. The first-order valence-electron chi connectivity index (χ1n) is 14.1. The number of rotatable bonds is 10. The smallest absolute Gasteiger partial charge is 0.338 e. The third-order valence-electron chi connectivity index (χ3n) is 7.37. The Morgan fingerprint density at radius 3 is 2.52 bits per heavy atom. The second-order valence-electron chi connectivity index (χ2n) is 10.2. The van der Waals surface area contributed by atoms with Gasteiger partial charge >= 0.3 is 5.97 Å². The minimum Gasteiger partial charge on any atom is -0.497 e. The number of anilines is 1. The summed E-state index contributed by atoms with van der Waals surface area (Å²) in [6.07, 6.45) is 3.64. The number of benzene rings is 3. The molecule has 2 heterocycles. The molecule has 42 heavy (non-hydrogen) atoms. The van der Waals surface area contributed by atoms with Crippen molar-refractivity contribution in [3.05, 3.63) is 95.6 Å². The van der Waals surface area contributed by atoms with Gasteiger partial charge in [0.2, 0.25) is 0 Å². The lowest BCUT2D eigenvalue weighted by atomic mass is 9.97. The van der Waals surface area contributed by atoms with Crippen molar-refractivity contribution in [3.63, 3.8) is 0 Å². The van der Waals surface area contributed by atoms with Gasteiger partial charge in [0.05, 0.1) is 18.4 Å². The molecular formula is C34H34N4O4. The molecule has 1 saturated heterocycles. The van der Waals surface area contributed by atoms with Crippen molar-refractivity contribution in [2.45, 2.75) is 25.9 Å². The van der Waals surface area contributed by atoms with Gasteiger partial charge in [0, 0.05) is 17.7 Å². The van der Waals surface area contributed by atoms with Crippen LogP contribution >= 0.6 is 0 Å². The lowest BCUT2D eigenvalue weighted by Crippen LogP contribution is -2.33. The van der Waals surface area contributed by atoms with Crippen LogP contribution in [0.15, 0.2) is 78.9 Å². The Balaban J connectivity index is 1.38. The molecule has 214 valence electrons. The van der Waals surface area contributed by atoms with Crippen molar-refractivity contribution in [2.24, 2.45) is 0 Å². The number of carbonyl (C=O) groups excluding carboxylic acids is 1. The van der Waals surface area contributed by atoms with Gasteiger partial charge in [0.15, 0.2) is 0 Å². The number of carbonyl (C=O) groups is 1. The van der Waals surface area contributed by atoms with Gasteiger partial charge in [0.25, 0.3) is 0 Å². The Bertz CT molecular complexity index is 1570. The van der Waals surface area contributed by atoms with Crippen LogP contribution < -0.4 is 15.2 Å². The minimum absolute atomic E-state index is 0.101. The highest BCUT2D eigenvalue weighted by atomic mass is 16.5. The summed E-state index contributed by atoms with van der Waals surface area (Å²) in [6.45, 7) is 3.51. The summed E-state index contributed by atoms with van der Waals surface area (Å²) in [7, 11) is 1.63. The monoisotopic (exact) mass is 562 g/mol. The molecule has 8 heteroatoms. The first-order valence-corrected chi connectivity index (χ1v) is 14.1. The maximum Gasteiger partial charge on any atom is 0.338 e. The molecule has 2 N–H and O–H groups in total. The number of hydrogen-bond acceptors (Lipinski definition) is 8. The van der Waals surface area contributed by atoms with Crippen LogP contribution in [-0.2, 0) is 11.3 Å². The van der Waals surface area contributed by atoms with Crippen LogP contribution in [-0.4, -0.2) is 49.2 Å². The number of likely N-dealkylation sites (tertiary alicyclic amines) is 1. The van der Waals surface area contributed by atoms with E-state index in [-0.39, 0.29) is 11.4 Å². The first kappa shape index (κ1) is 28.7. The number of aromatic nitrogens is 1. The van der Waals surface area contributed by atoms with Gasteiger partial charge in [-0.1, -0.05) is 42.8 Å². The predicted molar refractivity (Wildman–Crippen MR) is 162 cm³/mol. The van der Waals surface area contributed by atoms with E-state index < -0.39 is 5.97 Å². The van der Waals surface area contributed by atoms with Gasteiger partial charge in [-0.25, -0.2) is 9.78 Å². The Hall–Kier alpha value is -4.87. The zero-order chi connectivity index (χ0) is 29.3. The molecule has 3 aromatic carbocycles. The fourth-order valence-electron chi connectivity index (χ4n) is 5.08. The van der Waals surface area contributed by atoms with Crippen molar-refractivity contribution >= 4 is 11.8 Å². The standard InChI is InChI=1S/C34H34N4O4/c1-40-27-14-12-24(13-15-27)23-42-32-11-4-3-10-28(32)31-21-29(30(22-35)33(36)37-31)25-8-7-9-26(20-25)34(39)41-19-18-38-16-5-2-6-17-38/h3-4,7-15,20-21H,2,5-6,16-19,23H2,1H3,(H2,36,37). The number of methoxy groups -OCH3 is 1. The fourth-order valence-corrected chi connectivity index (χ4v) is 5.08. The molecule has 0 atom stereocenters. The summed E-state index contributed by atoms with van der Waals surface area (Å²) in [5, 5.41) is 9.94. The number of pyridine rings is 1. The maximum atomic E-state index is 12.9. The van der Waals surface area contributed by atoms with Gasteiger partial charge in [0.1, 0.15) is 42.2 Å². The molecule has 4 aromatic rings. The largest absolute Gasteiger partial charge is 0.497 e. The normalized spacial score (nSPS) is 13.2. The number of ether oxygens (including phenoxy) is 3. The van der Waals surface area contributed by atoms with Gasteiger partial charge in [-0.15, -0.1) is 0 Å². The Labute approximate surface area is 246 Å². The van der Waals surface area contributed by atoms with E-state index in [4.69, 9.17) is 19.9 Å². The predicted octanol–water partition coefficient (Wildman–Crippen LogP) is 6.10. The molecule has 1 aromatic heterocycles. The number of nitrogens with zero attached hydrogens (tertiary/aromatic N) is 3. The van der Waals surface area contributed by atoms with Gasteiger partial charge in [-0.2, -0.15) is 5.26 Å². The van der Waals surface area contributed by atoms with Gasteiger partial charge in [-0.05, 0) is 79.5 Å². The van der Waals surface area contributed by atoms with Crippen molar-refractivity contribution < 1.29 is 19.0 Å². The van der Waals surface area contributed by atoms with Crippen molar-refractivity contribution in [1.82, 2.24) is 9.88 Å². The average Bonchev–Trinajstić information content (AvgIpc) is 3.04. The van der Waals surface area contributed by atoms with E-state index in [1.165, 1.54) is 19.3 Å². The van der Waals surface area contributed by atoms with Crippen LogP contribution in [0.4, 0.5) is 5.82 Å². The van der Waals surface area contributed by atoms with E-state index in [0.717, 1.165) is 36.5 Å². The average molecular weight is 563 g/mol. The summed E-state index contributed by atoms with van der Waals surface area (Å²) in [5.41, 5.74) is 10.5. The SMILES string of the molecule is COc1ccc(COc2ccccc2-c2cc(-c3cccc(C(=O)OCCN4CCCCC4)c3)c(C#N)c(N)n2)cc1. The van der Waals surface area contributed by atoms with E-state index in [9.17, 15) is 10.1 Å². The molecule has 0 unspecified atom stereocenters. The third kappa shape index (κ3) is 6.88. The molecule has 0 spiro atoms. The topological polar surface area (TPSA) is 111 Å². The van der Waals surface area contributed by atoms with Crippen LogP contribution in [0.5, 0.6) is 11.5 Å². The van der Waals surface area contributed by atoms with Gasteiger partial charge < -0.3 is 19.9 Å². The second kappa shape index (κ2) is 13.7. The fraction of sp³-hybridized carbons (Fsp3) is 0.265. The second-order valence-corrected chi connectivity index (χ2v) is 10.2. The van der Waals surface area contributed by atoms with Gasteiger partial charge in [-0.3, -0.25) is 4.90 Å². The Morgan fingerprint density at radius 2 is 1.76 bits per heavy atom. The number of nitriles is 1. The van der Waals surface area contributed by atoms with Crippen LogP contribution in [0, 0.1) is 11.3 Å². The third-order valence-corrected chi connectivity index (χ3v) is 7.37. The molecule has 0 aliphatic carbocycles. The Kier molecular flexibility index (Phi) is 9.32. The van der Waals surface area contributed by atoms with Crippen LogP contribution in [0.2, 0.25) is 0 Å². The zero-order valence-corrected chi connectivity index (χ0v) is 23.7. The van der Waals surface area contributed by atoms with Crippen LogP contribution in [0.3, 0.4) is 0 Å². The first-order chi connectivity index (χ1) is 20.6. The molecule has 1 aliphatic heterocycles. The zero-order valence-electron chi connectivity index (χ0n) is 23.7. The summed E-state index contributed by atoms with van der Waals surface area (Å²) in [5.74, 6) is 1.11. The molecule has 0 radical (unpaired) electrons. The van der Waals surface area contributed by atoms with E-state index in [0.29, 0.717) is 41.3 Å². The summed E-state index contributed by atoms with van der Waals surface area (Å²) < 4.78 is 17.0. The van der Waals surface area contributed by atoms with Crippen LogP contribution in [0.1, 0.15) is 40.7 Å². The van der Waals surface area contributed by atoms with Crippen LogP contribution in [0.25, 0.3) is 22.4 Å². The van der Waals surface area contributed by atoms with Crippen molar-refractivity contribution in [2.75, 3.05) is 39.1 Å². The highest BCUT2D eigenvalue weighted by Gasteiger charge is 2.18. The van der Waals surface area contributed by atoms with Crippen molar-refractivity contribution in [3.8, 4) is 40.0 Å². The minimum atomic E-state index is -0.396. The number of hydrogen-bond donors (Lipinski definition) is 1. The summed E-state index contributed by atoms with van der Waals surface area (Å²) >= 11 is 0. The molecule has 0 bridgehead atoms. The van der Waals surface area contributed by atoms with E-state index in [2.05, 4.69) is 16.0 Å². The number of nitrogen functional groups attached to an aromatic ring is 1. The molecule has 1 aliphatic rings. The summed E-state index contributed by atoms with van der Waals surface area (Å²) in [6, 6.07) is 26.3. The lowest BCUT2D eigenvalue weighted by Gasteiger charge is -2.25. The lowest BCUT2D eigenvalue weighted by molar-refractivity contribution is 0.0452. The highest BCUT2D eigenvalue weighted by Crippen LogP contribution is 2.35. The van der Waals surface area contributed by atoms with Crippen molar-refractivity contribution in [1.29, 1.82) is 5.26 Å². The van der Waals surface area contributed by atoms with E-state index >= 15 is 0 Å². The molecule has 0 saturated carbocycles. The van der Waals surface area contributed by atoms with E-state index in [1.54, 1.807) is 25.3 Å². The number of nitrogens with two attached hydrogens (primary N) is 1. The molecule has 8 nitrogen and oxygen atoms in total. The molecule has 5 rings (SSSR count). The Morgan fingerprint density at radius 1 is 0.976 bits per heavy atom. The molecular weight excluding hydrogens is 528 g/mol. The summed E-state index contributed by atoms with van der Waals surface area (Å²) in [4.78, 5) is 19.8. The number of para-hydroxylation sites is 1.